The lowest BCUT2D eigenvalue weighted by Crippen LogP contribution is -2.02. The summed E-state index contributed by atoms with van der Waals surface area (Å²) in [7, 11) is -2.42. The number of hydrogen-bond acceptors (Lipinski definition) is 3. The molecule has 0 aromatic rings. The zero-order chi connectivity index (χ0) is 9.61. The molecule has 0 aromatic heterocycles. The maximum absolute atomic E-state index is 11.5. The molecule has 0 amide bonds. The molecule has 0 aromatic carbocycles. The van der Waals surface area contributed by atoms with Gasteiger partial charge in [-0.1, -0.05) is 13.8 Å². The van der Waals surface area contributed by atoms with Crippen molar-refractivity contribution in [1.29, 1.82) is 0 Å². The first-order valence-electron chi connectivity index (χ1n) is 4.30. The fourth-order valence-corrected chi connectivity index (χ4v) is 2.19. The summed E-state index contributed by atoms with van der Waals surface area (Å²) in [5, 5.41) is 8.53. The first-order valence-corrected chi connectivity index (χ1v) is 6.55. The van der Waals surface area contributed by atoms with E-state index in [1.807, 2.05) is 13.8 Å². The van der Waals surface area contributed by atoms with Crippen LogP contribution in [0.3, 0.4) is 0 Å². The minimum absolute atomic E-state index is 0.0862. The summed E-state index contributed by atoms with van der Waals surface area (Å²) in [5.41, 5.74) is 0. The topological polar surface area (TPSA) is 46.5 Å². The van der Waals surface area contributed by atoms with Gasteiger partial charge in [0, 0.05) is 19.4 Å². The summed E-state index contributed by atoms with van der Waals surface area (Å²) in [5.74, 6) is 0.410. The maximum atomic E-state index is 11.5. The lowest BCUT2D eigenvalue weighted by molar-refractivity contribution is 0.265. The minimum atomic E-state index is -2.42. The van der Waals surface area contributed by atoms with Gasteiger partial charge in [0.25, 0.3) is 0 Å². The first kappa shape index (κ1) is 12.2. The number of aliphatic hydroxyl groups excluding tert-OH is 1. The van der Waals surface area contributed by atoms with Gasteiger partial charge in [0.15, 0.2) is 7.37 Å². The summed E-state index contributed by atoms with van der Waals surface area (Å²) >= 11 is 0. The molecule has 0 spiro atoms. The SMILES string of the molecule is CC(C)COP(C)(=O)CCCO. The van der Waals surface area contributed by atoms with Crippen LogP contribution in [0.25, 0.3) is 0 Å². The normalized spacial score (nSPS) is 16.4. The molecular weight excluding hydrogens is 175 g/mol. The van der Waals surface area contributed by atoms with E-state index in [1.165, 1.54) is 0 Å². The second-order valence-corrected chi connectivity index (χ2v) is 6.24. The van der Waals surface area contributed by atoms with E-state index in [2.05, 4.69) is 0 Å². The molecule has 0 aliphatic carbocycles. The van der Waals surface area contributed by atoms with E-state index in [-0.39, 0.29) is 6.61 Å². The van der Waals surface area contributed by atoms with Gasteiger partial charge < -0.3 is 9.63 Å². The highest BCUT2D eigenvalue weighted by Crippen LogP contribution is 2.43. The van der Waals surface area contributed by atoms with E-state index in [4.69, 9.17) is 9.63 Å². The van der Waals surface area contributed by atoms with Crippen LogP contribution in [-0.2, 0) is 9.09 Å². The van der Waals surface area contributed by atoms with Crippen LogP contribution in [0.1, 0.15) is 20.3 Å². The second-order valence-electron chi connectivity index (χ2n) is 3.50. The zero-order valence-electron chi connectivity index (χ0n) is 8.12. The predicted octanol–water partition coefficient (Wildman–Crippen LogP) is 1.95. The van der Waals surface area contributed by atoms with E-state index >= 15 is 0 Å². The number of aliphatic hydroxyl groups is 1. The molecule has 12 heavy (non-hydrogen) atoms. The second kappa shape index (κ2) is 5.74. The van der Waals surface area contributed by atoms with Crippen LogP contribution < -0.4 is 0 Å². The lowest BCUT2D eigenvalue weighted by atomic mass is 10.2. The molecule has 0 radical (unpaired) electrons. The van der Waals surface area contributed by atoms with E-state index in [1.54, 1.807) is 6.66 Å². The molecule has 0 bridgehead atoms. The van der Waals surface area contributed by atoms with Crippen molar-refractivity contribution >= 4 is 7.37 Å². The van der Waals surface area contributed by atoms with Gasteiger partial charge in [-0.2, -0.15) is 0 Å². The van der Waals surface area contributed by atoms with Crippen molar-refractivity contribution in [2.45, 2.75) is 20.3 Å². The largest absolute Gasteiger partial charge is 0.396 e. The van der Waals surface area contributed by atoms with Gasteiger partial charge in [-0.15, -0.1) is 0 Å². The molecule has 3 nitrogen and oxygen atoms in total. The third-order valence-corrected chi connectivity index (χ3v) is 3.23. The summed E-state index contributed by atoms with van der Waals surface area (Å²) in [4.78, 5) is 0. The summed E-state index contributed by atoms with van der Waals surface area (Å²) in [6.07, 6.45) is 1.04. The van der Waals surface area contributed by atoms with E-state index < -0.39 is 7.37 Å². The van der Waals surface area contributed by atoms with Crippen LogP contribution in [0.5, 0.6) is 0 Å². The van der Waals surface area contributed by atoms with Gasteiger partial charge >= 0.3 is 0 Å². The van der Waals surface area contributed by atoms with Gasteiger partial charge in [-0.25, -0.2) is 0 Å². The monoisotopic (exact) mass is 194 g/mol. The zero-order valence-corrected chi connectivity index (χ0v) is 9.01. The van der Waals surface area contributed by atoms with E-state index in [0.29, 0.717) is 25.1 Å². The Kier molecular flexibility index (Phi) is 5.81. The standard InChI is InChI=1S/C8H19O3P/c1-8(2)7-11-12(3,10)6-4-5-9/h8-9H,4-7H2,1-3H3. The fourth-order valence-electron chi connectivity index (χ4n) is 0.729. The van der Waals surface area contributed by atoms with Crippen LogP contribution >= 0.6 is 7.37 Å². The van der Waals surface area contributed by atoms with Crippen LogP contribution in [0.15, 0.2) is 0 Å². The Hall–Kier alpha value is 0.150. The Labute approximate surface area is 74.6 Å². The molecule has 0 saturated heterocycles. The van der Waals surface area contributed by atoms with E-state index in [9.17, 15) is 4.57 Å². The summed E-state index contributed by atoms with van der Waals surface area (Å²) in [6, 6.07) is 0. The van der Waals surface area contributed by atoms with Crippen LogP contribution in [0.2, 0.25) is 0 Å². The summed E-state index contributed by atoms with van der Waals surface area (Å²) in [6.45, 7) is 6.30. The first-order chi connectivity index (χ1) is 5.48. The molecular formula is C8H19O3P. The van der Waals surface area contributed by atoms with Crippen molar-refractivity contribution in [2.75, 3.05) is 26.0 Å². The Bertz CT molecular complexity index is 156. The maximum Gasteiger partial charge on any atom is 0.200 e. The van der Waals surface area contributed by atoms with Crippen molar-refractivity contribution in [3.05, 3.63) is 0 Å². The highest BCUT2D eigenvalue weighted by Gasteiger charge is 2.15. The average Bonchev–Trinajstić information content (AvgIpc) is 1.98. The van der Waals surface area contributed by atoms with Gasteiger partial charge in [0.1, 0.15) is 0 Å². The quantitative estimate of drug-likeness (QED) is 0.657. The number of rotatable bonds is 6. The third kappa shape index (κ3) is 6.84. The Morgan fingerprint density at radius 2 is 2.08 bits per heavy atom. The Balaban J connectivity index is 3.64. The molecule has 0 aliphatic heterocycles. The molecule has 0 fully saturated rings. The molecule has 0 rings (SSSR count). The minimum Gasteiger partial charge on any atom is -0.396 e. The van der Waals surface area contributed by atoms with Crippen molar-refractivity contribution in [2.24, 2.45) is 5.92 Å². The Morgan fingerprint density at radius 3 is 2.50 bits per heavy atom. The molecule has 0 heterocycles. The van der Waals surface area contributed by atoms with Crippen LogP contribution in [-0.4, -0.2) is 31.1 Å². The summed E-state index contributed by atoms with van der Waals surface area (Å²) < 4.78 is 16.8. The molecule has 0 aliphatic rings. The molecule has 1 atom stereocenters. The van der Waals surface area contributed by atoms with Gasteiger partial charge in [-0.3, -0.25) is 4.57 Å². The van der Waals surface area contributed by atoms with Gasteiger partial charge in [0.05, 0.1) is 6.61 Å². The highest BCUT2D eigenvalue weighted by atomic mass is 31.2. The van der Waals surface area contributed by atoms with E-state index in [0.717, 1.165) is 0 Å². The highest BCUT2D eigenvalue weighted by molar-refractivity contribution is 7.58. The average molecular weight is 194 g/mol. The molecule has 1 unspecified atom stereocenters. The Morgan fingerprint density at radius 1 is 1.50 bits per heavy atom. The van der Waals surface area contributed by atoms with Crippen molar-refractivity contribution < 1.29 is 14.2 Å². The third-order valence-electron chi connectivity index (χ3n) is 1.40. The molecule has 4 heteroatoms. The molecule has 74 valence electrons. The van der Waals surface area contributed by atoms with Crippen LogP contribution in [0, 0.1) is 5.92 Å². The van der Waals surface area contributed by atoms with Gasteiger partial charge in [-0.05, 0) is 12.3 Å². The van der Waals surface area contributed by atoms with Crippen LogP contribution in [0.4, 0.5) is 0 Å². The van der Waals surface area contributed by atoms with Crippen molar-refractivity contribution in [3.8, 4) is 0 Å². The lowest BCUT2D eigenvalue weighted by Gasteiger charge is -2.14. The molecule has 0 saturated carbocycles. The predicted molar refractivity (Wildman–Crippen MR) is 50.9 cm³/mol. The van der Waals surface area contributed by atoms with Crippen molar-refractivity contribution in [3.63, 3.8) is 0 Å². The van der Waals surface area contributed by atoms with Crippen molar-refractivity contribution in [1.82, 2.24) is 0 Å². The fraction of sp³-hybridized carbons (Fsp3) is 1.00. The smallest absolute Gasteiger partial charge is 0.200 e. The number of hydrogen-bond donors (Lipinski definition) is 1. The van der Waals surface area contributed by atoms with Gasteiger partial charge in [0.2, 0.25) is 0 Å². The molecule has 1 N–H and O–H groups in total.